The van der Waals surface area contributed by atoms with Crippen molar-refractivity contribution in [2.75, 3.05) is 17.2 Å². The number of rotatable bonds is 6. The van der Waals surface area contributed by atoms with Crippen LogP contribution in [0, 0.1) is 0 Å². The number of benzene rings is 2. The fourth-order valence-electron chi connectivity index (χ4n) is 1.86. The molecule has 0 spiro atoms. The highest BCUT2D eigenvalue weighted by Crippen LogP contribution is 2.18. The third-order valence-corrected chi connectivity index (χ3v) is 2.72. The highest BCUT2D eigenvalue weighted by atomic mass is 16.5. The van der Waals surface area contributed by atoms with Gasteiger partial charge in [0.2, 0.25) is 5.91 Å². The summed E-state index contributed by atoms with van der Waals surface area (Å²) in [5.41, 5.74) is 1.65. The highest BCUT2D eigenvalue weighted by molar-refractivity contribution is 5.93. The van der Waals surface area contributed by atoms with Gasteiger partial charge in [0.25, 0.3) is 0 Å². The van der Waals surface area contributed by atoms with Gasteiger partial charge in [0.1, 0.15) is 5.75 Å². The van der Waals surface area contributed by atoms with Crippen molar-refractivity contribution in [1.82, 2.24) is 0 Å². The molecular formula is C17H20N2O2. The molecule has 0 atom stereocenters. The minimum absolute atomic E-state index is 0.0967. The van der Waals surface area contributed by atoms with Gasteiger partial charge in [0.15, 0.2) is 0 Å². The SMILES string of the molecule is CC(C)Oc1cccc(NC(=O)CNc2ccccc2)c1. The molecule has 2 N–H and O–H groups in total. The van der Waals surface area contributed by atoms with Crippen molar-refractivity contribution >= 4 is 17.3 Å². The van der Waals surface area contributed by atoms with Crippen LogP contribution in [0.25, 0.3) is 0 Å². The third-order valence-electron chi connectivity index (χ3n) is 2.72. The first-order chi connectivity index (χ1) is 10.1. The second-order valence-corrected chi connectivity index (χ2v) is 4.96. The van der Waals surface area contributed by atoms with Gasteiger partial charge in [0.05, 0.1) is 12.6 Å². The summed E-state index contributed by atoms with van der Waals surface area (Å²) >= 11 is 0. The van der Waals surface area contributed by atoms with Crippen molar-refractivity contribution in [3.63, 3.8) is 0 Å². The molecule has 0 saturated carbocycles. The maximum atomic E-state index is 11.9. The molecular weight excluding hydrogens is 264 g/mol. The first kappa shape index (κ1) is 14.9. The van der Waals surface area contributed by atoms with E-state index in [1.165, 1.54) is 0 Å². The molecule has 0 bridgehead atoms. The van der Waals surface area contributed by atoms with Crippen molar-refractivity contribution in [3.05, 3.63) is 54.6 Å². The molecule has 0 fully saturated rings. The van der Waals surface area contributed by atoms with Crippen LogP contribution in [0.1, 0.15) is 13.8 Å². The van der Waals surface area contributed by atoms with Crippen molar-refractivity contribution in [2.45, 2.75) is 20.0 Å². The van der Waals surface area contributed by atoms with Crippen LogP contribution in [0.4, 0.5) is 11.4 Å². The Morgan fingerprint density at radius 2 is 1.76 bits per heavy atom. The number of carbonyl (C=O) groups excluding carboxylic acids is 1. The number of carbonyl (C=O) groups is 1. The van der Waals surface area contributed by atoms with Gasteiger partial charge in [-0.3, -0.25) is 4.79 Å². The van der Waals surface area contributed by atoms with Crippen LogP contribution in [-0.2, 0) is 4.79 Å². The van der Waals surface area contributed by atoms with Gasteiger partial charge < -0.3 is 15.4 Å². The summed E-state index contributed by atoms with van der Waals surface area (Å²) in [6.07, 6.45) is 0.107. The molecule has 0 saturated heterocycles. The number of amides is 1. The average molecular weight is 284 g/mol. The van der Waals surface area contributed by atoms with Gasteiger partial charge in [-0.1, -0.05) is 24.3 Å². The number of hydrogen-bond acceptors (Lipinski definition) is 3. The number of hydrogen-bond donors (Lipinski definition) is 2. The summed E-state index contributed by atoms with van der Waals surface area (Å²) in [7, 11) is 0. The van der Waals surface area contributed by atoms with Crippen molar-refractivity contribution in [3.8, 4) is 5.75 Å². The summed E-state index contributed by atoms with van der Waals surface area (Å²) in [5.74, 6) is 0.652. The third kappa shape index (κ3) is 5.18. The lowest BCUT2D eigenvalue weighted by Crippen LogP contribution is -2.21. The fraction of sp³-hybridized carbons (Fsp3) is 0.235. The smallest absolute Gasteiger partial charge is 0.243 e. The molecule has 0 aromatic heterocycles. The van der Waals surface area contributed by atoms with E-state index in [0.29, 0.717) is 0 Å². The number of ether oxygens (including phenoxy) is 1. The maximum Gasteiger partial charge on any atom is 0.243 e. The van der Waals surface area contributed by atoms with Gasteiger partial charge in [0, 0.05) is 17.4 Å². The molecule has 21 heavy (non-hydrogen) atoms. The van der Waals surface area contributed by atoms with Crippen LogP contribution >= 0.6 is 0 Å². The van der Waals surface area contributed by atoms with E-state index in [1.807, 2.05) is 68.4 Å². The number of para-hydroxylation sites is 1. The summed E-state index contributed by atoms with van der Waals surface area (Å²) in [5, 5.41) is 5.91. The van der Waals surface area contributed by atoms with Gasteiger partial charge in [-0.05, 0) is 38.1 Å². The van der Waals surface area contributed by atoms with Crippen molar-refractivity contribution in [1.29, 1.82) is 0 Å². The van der Waals surface area contributed by atoms with E-state index in [0.717, 1.165) is 17.1 Å². The zero-order valence-electron chi connectivity index (χ0n) is 12.3. The first-order valence-corrected chi connectivity index (χ1v) is 6.99. The Morgan fingerprint density at radius 1 is 1.05 bits per heavy atom. The molecule has 2 rings (SSSR count). The second-order valence-electron chi connectivity index (χ2n) is 4.96. The van der Waals surface area contributed by atoms with Crippen LogP contribution in [0.2, 0.25) is 0 Å². The van der Waals surface area contributed by atoms with Crippen molar-refractivity contribution in [2.24, 2.45) is 0 Å². The molecule has 0 heterocycles. The molecule has 4 heteroatoms. The Labute approximate surface area is 125 Å². The predicted molar refractivity (Wildman–Crippen MR) is 85.8 cm³/mol. The van der Waals surface area contributed by atoms with E-state index in [1.54, 1.807) is 0 Å². The van der Waals surface area contributed by atoms with E-state index in [-0.39, 0.29) is 18.6 Å². The monoisotopic (exact) mass is 284 g/mol. The summed E-state index contributed by atoms with van der Waals surface area (Å²) < 4.78 is 5.60. The summed E-state index contributed by atoms with van der Waals surface area (Å²) in [4.78, 5) is 11.9. The van der Waals surface area contributed by atoms with E-state index in [9.17, 15) is 4.79 Å². The topological polar surface area (TPSA) is 50.4 Å². The highest BCUT2D eigenvalue weighted by Gasteiger charge is 2.04. The number of nitrogens with one attached hydrogen (secondary N) is 2. The normalized spacial score (nSPS) is 10.2. The maximum absolute atomic E-state index is 11.9. The van der Waals surface area contributed by atoms with Gasteiger partial charge in [-0.15, -0.1) is 0 Å². The van der Waals surface area contributed by atoms with E-state index in [2.05, 4.69) is 10.6 Å². The zero-order chi connectivity index (χ0) is 15.1. The van der Waals surface area contributed by atoms with Crippen LogP contribution in [0.3, 0.4) is 0 Å². The van der Waals surface area contributed by atoms with Crippen LogP contribution in [-0.4, -0.2) is 18.6 Å². The van der Waals surface area contributed by atoms with Crippen LogP contribution in [0.5, 0.6) is 5.75 Å². The molecule has 0 aliphatic heterocycles. The average Bonchev–Trinajstić information content (AvgIpc) is 2.46. The van der Waals surface area contributed by atoms with Gasteiger partial charge in [-0.2, -0.15) is 0 Å². The van der Waals surface area contributed by atoms with Gasteiger partial charge in [-0.25, -0.2) is 0 Å². The Bertz CT molecular complexity index is 582. The van der Waals surface area contributed by atoms with Crippen LogP contribution in [0.15, 0.2) is 54.6 Å². The second kappa shape index (κ2) is 7.33. The lowest BCUT2D eigenvalue weighted by Gasteiger charge is -2.12. The molecule has 0 unspecified atom stereocenters. The minimum Gasteiger partial charge on any atom is -0.491 e. The molecule has 0 aliphatic rings. The van der Waals surface area contributed by atoms with E-state index < -0.39 is 0 Å². The first-order valence-electron chi connectivity index (χ1n) is 6.99. The molecule has 0 aliphatic carbocycles. The minimum atomic E-state index is -0.0967. The Hall–Kier alpha value is -2.49. The Balaban J connectivity index is 1.87. The summed E-state index contributed by atoms with van der Waals surface area (Å²) in [6.45, 7) is 4.16. The number of anilines is 2. The van der Waals surface area contributed by atoms with Crippen molar-refractivity contribution < 1.29 is 9.53 Å². The molecule has 2 aromatic carbocycles. The molecule has 1 amide bonds. The van der Waals surface area contributed by atoms with Crippen LogP contribution < -0.4 is 15.4 Å². The lowest BCUT2D eigenvalue weighted by atomic mass is 10.3. The predicted octanol–water partition coefficient (Wildman–Crippen LogP) is 3.52. The summed E-state index contributed by atoms with van der Waals surface area (Å²) in [6, 6.07) is 17.0. The lowest BCUT2D eigenvalue weighted by molar-refractivity contribution is -0.114. The molecule has 4 nitrogen and oxygen atoms in total. The molecule has 110 valence electrons. The fourth-order valence-corrected chi connectivity index (χ4v) is 1.86. The van der Waals surface area contributed by atoms with E-state index >= 15 is 0 Å². The standard InChI is InChI=1S/C17H20N2O2/c1-13(2)21-16-10-6-9-15(11-16)19-17(20)12-18-14-7-4-3-5-8-14/h3-11,13,18H,12H2,1-2H3,(H,19,20). The zero-order valence-corrected chi connectivity index (χ0v) is 12.3. The van der Waals surface area contributed by atoms with E-state index in [4.69, 9.17) is 4.74 Å². The quantitative estimate of drug-likeness (QED) is 0.853. The Morgan fingerprint density at radius 3 is 2.48 bits per heavy atom. The Kier molecular flexibility index (Phi) is 5.21. The molecule has 2 aromatic rings. The largest absolute Gasteiger partial charge is 0.491 e. The molecule has 0 radical (unpaired) electrons. The van der Waals surface area contributed by atoms with Gasteiger partial charge >= 0.3 is 0 Å².